The molecule has 3 heterocycles. The molecule has 5 aromatic rings. The molecule has 6 heteroatoms. The van der Waals surface area contributed by atoms with E-state index in [2.05, 4.69) is 25.1 Å². The predicted octanol–water partition coefficient (Wildman–Crippen LogP) is 3.87. The third-order valence-corrected chi connectivity index (χ3v) is 4.28. The molecule has 0 atom stereocenters. The normalized spacial score (nSPS) is 11.4. The highest BCUT2D eigenvalue weighted by atomic mass is 16.3. The second kappa shape index (κ2) is 5.17. The lowest BCUT2D eigenvalue weighted by Crippen LogP contribution is -1.85. The number of H-pyrrole nitrogens is 2. The number of phenols is 1. The van der Waals surface area contributed by atoms with Crippen LogP contribution in [0, 0.1) is 0 Å². The minimum Gasteiger partial charge on any atom is -0.507 e. The number of aromatic amines is 2. The van der Waals surface area contributed by atoms with Crippen LogP contribution in [-0.2, 0) is 0 Å². The van der Waals surface area contributed by atoms with Crippen LogP contribution < -0.4 is 0 Å². The molecule has 3 aromatic heterocycles. The molecule has 2 aromatic carbocycles. The van der Waals surface area contributed by atoms with Crippen molar-refractivity contribution in [3.8, 4) is 28.3 Å². The number of aromatic nitrogens is 5. The second-order valence-electron chi connectivity index (χ2n) is 5.87. The van der Waals surface area contributed by atoms with Crippen LogP contribution in [-0.4, -0.2) is 30.3 Å². The lowest BCUT2D eigenvalue weighted by atomic mass is 10.0. The average molecular weight is 327 g/mol. The first-order valence-electron chi connectivity index (χ1n) is 7.85. The highest BCUT2D eigenvalue weighted by molar-refractivity contribution is 5.94. The smallest absolute Gasteiger partial charge is 0.142 e. The summed E-state index contributed by atoms with van der Waals surface area (Å²) in [5, 5.41) is 18.4. The van der Waals surface area contributed by atoms with Gasteiger partial charge < -0.3 is 10.1 Å². The van der Waals surface area contributed by atoms with E-state index in [1.54, 1.807) is 18.5 Å². The zero-order valence-electron chi connectivity index (χ0n) is 13.1. The molecule has 5 rings (SSSR count). The van der Waals surface area contributed by atoms with Gasteiger partial charge in [-0.3, -0.25) is 10.1 Å². The van der Waals surface area contributed by atoms with E-state index in [1.807, 2.05) is 42.6 Å². The minimum absolute atomic E-state index is 0.178. The summed E-state index contributed by atoms with van der Waals surface area (Å²) >= 11 is 0. The Hall–Kier alpha value is -3.67. The number of hydrogen-bond acceptors (Lipinski definition) is 4. The van der Waals surface area contributed by atoms with Gasteiger partial charge in [-0.15, -0.1) is 0 Å². The van der Waals surface area contributed by atoms with E-state index in [9.17, 15) is 5.11 Å². The fourth-order valence-electron chi connectivity index (χ4n) is 3.01. The van der Waals surface area contributed by atoms with E-state index in [4.69, 9.17) is 0 Å². The molecule has 6 nitrogen and oxygen atoms in total. The van der Waals surface area contributed by atoms with Crippen molar-refractivity contribution < 1.29 is 5.11 Å². The van der Waals surface area contributed by atoms with Crippen molar-refractivity contribution in [1.29, 1.82) is 0 Å². The van der Waals surface area contributed by atoms with Crippen molar-refractivity contribution in [1.82, 2.24) is 25.1 Å². The molecule has 0 fully saturated rings. The highest BCUT2D eigenvalue weighted by Gasteiger charge is 2.12. The second-order valence-corrected chi connectivity index (χ2v) is 5.87. The van der Waals surface area contributed by atoms with Gasteiger partial charge in [0.05, 0.1) is 22.1 Å². The molecule has 0 saturated carbocycles. The van der Waals surface area contributed by atoms with Gasteiger partial charge in [0.25, 0.3) is 0 Å². The van der Waals surface area contributed by atoms with Gasteiger partial charge in [-0.25, -0.2) is 4.98 Å². The SMILES string of the molecule is Oc1ccc(-c2cccnc2)cc1-c1nc2cc3c[nH]nc3cc2[nH]1. The van der Waals surface area contributed by atoms with Gasteiger partial charge in [-0.1, -0.05) is 12.1 Å². The van der Waals surface area contributed by atoms with Crippen LogP contribution in [0.5, 0.6) is 5.75 Å². The molecule has 0 bridgehead atoms. The lowest BCUT2D eigenvalue weighted by Gasteiger charge is -2.06. The van der Waals surface area contributed by atoms with Gasteiger partial charge in [0.15, 0.2) is 0 Å². The topological polar surface area (TPSA) is 90.5 Å². The highest BCUT2D eigenvalue weighted by Crippen LogP contribution is 2.33. The first kappa shape index (κ1) is 13.7. The molecule has 3 N–H and O–H groups in total. The van der Waals surface area contributed by atoms with Crippen LogP contribution in [0.15, 0.2) is 61.1 Å². The molecule has 120 valence electrons. The van der Waals surface area contributed by atoms with Gasteiger partial charge in [-0.05, 0) is 35.9 Å². The first-order valence-corrected chi connectivity index (χ1v) is 7.85. The minimum atomic E-state index is 0.178. The molecular weight excluding hydrogens is 314 g/mol. The van der Waals surface area contributed by atoms with Gasteiger partial charge >= 0.3 is 0 Å². The maximum Gasteiger partial charge on any atom is 0.142 e. The van der Waals surface area contributed by atoms with Gasteiger partial charge in [0, 0.05) is 29.5 Å². The Morgan fingerprint density at radius 3 is 2.80 bits per heavy atom. The molecule has 0 radical (unpaired) electrons. The number of nitrogens with one attached hydrogen (secondary N) is 2. The van der Waals surface area contributed by atoms with Gasteiger partial charge in [0.2, 0.25) is 0 Å². The van der Waals surface area contributed by atoms with E-state index in [1.165, 1.54) is 0 Å². The van der Waals surface area contributed by atoms with Gasteiger partial charge in [0.1, 0.15) is 11.6 Å². The van der Waals surface area contributed by atoms with E-state index < -0.39 is 0 Å². The molecular formula is C19H13N5O. The monoisotopic (exact) mass is 327 g/mol. The van der Waals surface area contributed by atoms with Crippen molar-refractivity contribution >= 4 is 21.9 Å². The van der Waals surface area contributed by atoms with Crippen molar-refractivity contribution in [2.75, 3.05) is 0 Å². The summed E-state index contributed by atoms with van der Waals surface area (Å²) in [6.07, 6.45) is 5.37. The Bertz CT molecular complexity index is 1160. The van der Waals surface area contributed by atoms with Crippen LogP contribution in [0.1, 0.15) is 0 Å². The number of pyridine rings is 1. The van der Waals surface area contributed by atoms with Crippen LogP contribution in [0.25, 0.3) is 44.5 Å². The molecule has 0 saturated heterocycles. The lowest BCUT2D eigenvalue weighted by molar-refractivity contribution is 0.477. The molecule has 0 aliphatic carbocycles. The summed E-state index contributed by atoms with van der Waals surface area (Å²) < 4.78 is 0. The zero-order valence-corrected chi connectivity index (χ0v) is 13.1. The number of phenolic OH excluding ortho intramolecular Hbond substituents is 1. The fourth-order valence-corrected chi connectivity index (χ4v) is 3.01. The van der Waals surface area contributed by atoms with Crippen LogP contribution in [0.3, 0.4) is 0 Å². The molecule has 25 heavy (non-hydrogen) atoms. The Kier molecular flexibility index (Phi) is 2.84. The number of imidazole rings is 1. The summed E-state index contributed by atoms with van der Waals surface area (Å²) in [4.78, 5) is 12.1. The number of rotatable bonds is 2. The summed E-state index contributed by atoms with van der Waals surface area (Å²) in [6.45, 7) is 0. The van der Waals surface area contributed by atoms with Gasteiger partial charge in [-0.2, -0.15) is 5.10 Å². The number of nitrogens with zero attached hydrogens (tertiary/aromatic N) is 3. The third-order valence-electron chi connectivity index (χ3n) is 4.28. The Morgan fingerprint density at radius 2 is 1.92 bits per heavy atom. The standard InChI is InChI=1S/C19H13N5O/c25-18-4-3-11(12-2-1-5-20-9-12)6-14(18)19-22-16-7-13-10-21-24-15(13)8-17(16)23-19/h1-10,25H,(H,21,24)(H,22,23). The van der Waals surface area contributed by atoms with Crippen molar-refractivity contribution in [2.24, 2.45) is 0 Å². The van der Waals surface area contributed by atoms with Crippen LogP contribution in [0.2, 0.25) is 0 Å². The van der Waals surface area contributed by atoms with E-state index in [-0.39, 0.29) is 5.75 Å². The summed E-state index contributed by atoms with van der Waals surface area (Å²) in [5.41, 5.74) is 5.18. The average Bonchev–Trinajstić information content (AvgIpc) is 3.26. The summed E-state index contributed by atoms with van der Waals surface area (Å²) in [6, 6.07) is 13.2. The summed E-state index contributed by atoms with van der Waals surface area (Å²) in [5.74, 6) is 0.798. The molecule has 0 unspecified atom stereocenters. The van der Waals surface area contributed by atoms with E-state index >= 15 is 0 Å². The fraction of sp³-hybridized carbons (Fsp3) is 0. The number of hydrogen-bond donors (Lipinski definition) is 3. The number of aromatic hydroxyl groups is 1. The number of benzene rings is 2. The molecule has 0 amide bonds. The predicted molar refractivity (Wildman–Crippen MR) is 96.1 cm³/mol. The van der Waals surface area contributed by atoms with Crippen molar-refractivity contribution in [2.45, 2.75) is 0 Å². The quantitative estimate of drug-likeness (QED) is 0.459. The molecule has 0 aliphatic heterocycles. The van der Waals surface area contributed by atoms with Crippen LogP contribution in [0.4, 0.5) is 0 Å². The Balaban J connectivity index is 1.68. The molecule has 0 spiro atoms. The zero-order chi connectivity index (χ0) is 16.8. The first-order chi connectivity index (χ1) is 12.3. The van der Waals surface area contributed by atoms with E-state index in [0.29, 0.717) is 11.4 Å². The number of fused-ring (bicyclic) bond motifs is 2. The maximum atomic E-state index is 10.3. The Morgan fingerprint density at radius 1 is 0.960 bits per heavy atom. The van der Waals surface area contributed by atoms with E-state index in [0.717, 1.165) is 33.1 Å². The third kappa shape index (κ3) is 2.23. The van der Waals surface area contributed by atoms with Crippen molar-refractivity contribution in [3.05, 3.63) is 61.1 Å². The molecule has 0 aliphatic rings. The Labute approximate surface area is 142 Å². The van der Waals surface area contributed by atoms with Crippen LogP contribution >= 0.6 is 0 Å². The summed E-state index contributed by atoms with van der Waals surface area (Å²) in [7, 11) is 0. The maximum absolute atomic E-state index is 10.3. The van der Waals surface area contributed by atoms with Crippen molar-refractivity contribution in [3.63, 3.8) is 0 Å². The largest absolute Gasteiger partial charge is 0.507 e.